The molecular formula is C14H20. The van der Waals surface area contributed by atoms with E-state index in [2.05, 4.69) is 32.0 Å². The highest BCUT2D eigenvalue weighted by atomic mass is 14.2. The van der Waals surface area contributed by atoms with Crippen LogP contribution in [-0.4, -0.2) is 0 Å². The molecule has 0 spiro atoms. The molecule has 0 N–H and O–H groups in total. The van der Waals surface area contributed by atoms with Gasteiger partial charge in [-0.2, -0.15) is 0 Å². The summed E-state index contributed by atoms with van der Waals surface area (Å²) < 4.78 is 8.53. The predicted molar refractivity (Wildman–Crippen MR) is 61.7 cm³/mol. The number of rotatable bonds is 1. The van der Waals surface area contributed by atoms with Crippen LogP contribution in [0.3, 0.4) is 0 Å². The molecule has 0 aromatic heterocycles. The predicted octanol–water partition coefficient (Wildman–Crippen LogP) is 4.35. The molecule has 1 fully saturated rings. The van der Waals surface area contributed by atoms with Crippen LogP contribution in [0.15, 0.2) is 18.2 Å². The van der Waals surface area contributed by atoms with Crippen LogP contribution in [0.2, 0.25) is 0 Å². The van der Waals surface area contributed by atoms with Gasteiger partial charge in [-0.1, -0.05) is 37.5 Å². The molecule has 1 saturated carbocycles. The van der Waals surface area contributed by atoms with Crippen LogP contribution in [0.1, 0.15) is 56.1 Å². The summed E-state index contributed by atoms with van der Waals surface area (Å²) in [5.74, 6) is -0.295. The molecule has 1 aromatic carbocycles. The smallest absolute Gasteiger partial charge is 0.0352 e. The lowest BCUT2D eigenvalue weighted by Crippen LogP contribution is -2.04. The van der Waals surface area contributed by atoms with Crippen molar-refractivity contribution in [1.82, 2.24) is 0 Å². The van der Waals surface area contributed by atoms with E-state index in [1.54, 1.807) is 0 Å². The Balaban J connectivity index is 2.31. The van der Waals surface area contributed by atoms with Gasteiger partial charge in [0.05, 0.1) is 0 Å². The highest BCUT2D eigenvalue weighted by Crippen LogP contribution is 2.33. The van der Waals surface area contributed by atoms with Gasteiger partial charge in [0.25, 0.3) is 0 Å². The van der Waals surface area contributed by atoms with Crippen LogP contribution >= 0.6 is 0 Å². The Kier molecular flexibility index (Phi) is 2.53. The van der Waals surface area contributed by atoms with Gasteiger partial charge in [0.1, 0.15) is 0 Å². The van der Waals surface area contributed by atoms with Crippen molar-refractivity contribution in [2.75, 3.05) is 0 Å². The van der Waals surface area contributed by atoms with Gasteiger partial charge in [-0.05, 0) is 49.3 Å². The number of aryl methyl sites for hydroxylation is 2. The maximum Gasteiger partial charge on any atom is 0.0352 e. The van der Waals surface area contributed by atoms with Crippen molar-refractivity contribution in [3.63, 3.8) is 0 Å². The molecule has 0 radical (unpaired) electrons. The number of hydrogen-bond acceptors (Lipinski definition) is 0. The Morgan fingerprint density at radius 1 is 1.07 bits per heavy atom. The third-order valence-corrected chi connectivity index (χ3v) is 3.37. The first-order valence-electron chi connectivity index (χ1n) is 6.20. The molecule has 0 bridgehead atoms. The minimum Gasteiger partial charge on any atom is -0.0588 e. The fraction of sp³-hybridized carbons (Fsp3) is 0.571. The average molecular weight is 189 g/mol. The Morgan fingerprint density at radius 3 is 2.43 bits per heavy atom. The molecule has 0 nitrogen and oxygen atoms in total. The molecule has 2 rings (SSSR count). The molecule has 76 valence electrons. The van der Waals surface area contributed by atoms with E-state index in [4.69, 9.17) is 1.37 Å². The van der Waals surface area contributed by atoms with E-state index in [-0.39, 0.29) is 5.89 Å². The Hall–Kier alpha value is -0.780. The summed E-state index contributed by atoms with van der Waals surface area (Å²) in [4.78, 5) is 0. The molecule has 0 aliphatic heterocycles. The van der Waals surface area contributed by atoms with Gasteiger partial charge < -0.3 is 0 Å². The molecule has 0 saturated heterocycles. The molecule has 1 aromatic rings. The van der Waals surface area contributed by atoms with E-state index in [1.165, 1.54) is 36.0 Å². The second-order valence-electron chi connectivity index (χ2n) is 4.46. The lowest BCUT2D eigenvalue weighted by molar-refractivity contribution is 0.443. The monoisotopic (exact) mass is 189 g/mol. The Morgan fingerprint density at radius 2 is 1.79 bits per heavy atom. The van der Waals surface area contributed by atoms with Crippen LogP contribution in [0.4, 0.5) is 0 Å². The summed E-state index contributed by atoms with van der Waals surface area (Å²) in [6, 6.07) is 6.53. The van der Waals surface area contributed by atoms with Crippen molar-refractivity contribution >= 4 is 0 Å². The van der Waals surface area contributed by atoms with Crippen molar-refractivity contribution in [3.05, 3.63) is 34.9 Å². The molecule has 0 amide bonds. The van der Waals surface area contributed by atoms with Crippen molar-refractivity contribution in [2.24, 2.45) is 0 Å². The summed E-state index contributed by atoms with van der Waals surface area (Å²) in [7, 11) is 0. The molecule has 0 heteroatoms. The van der Waals surface area contributed by atoms with Crippen LogP contribution < -0.4 is 0 Å². The minimum absolute atomic E-state index is 0.295. The van der Waals surface area contributed by atoms with E-state index in [0.29, 0.717) is 0 Å². The van der Waals surface area contributed by atoms with E-state index >= 15 is 0 Å². The first-order chi connectivity index (χ1) is 7.12. The van der Waals surface area contributed by atoms with Crippen molar-refractivity contribution < 1.29 is 1.37 Å². The van der Waals surface area contributed by atoms with Gasteiger partial charge in [-0.15, -0.1) is 0 Å². The topological polar surface area (TPSA) is 0 Å². The fourth-order valence-corrected chi connectivity index (χ4v) is 2.23. The molecule has 0 heterocycles. The average Bonchev–Trinajstić information content (AvgIpc) is 2.23. The van der Waals surface area contributed by atoms with E-state index in [9.17, 15) is 0 Å². The summed E-state index contributed by atoms with van der Waals surface area (Å²) in [5, 5.41) is 0. The number of hydrogen-bond donors (Lipinski definition) is 0. The molecule has 1 aliphatic carbocycles. The zero-order valence-corrected chi connectivity index (χ0v) is 9.27. The van der Waals surface area contributed by atoms with Gasteiger partial charge in [-0.25, -0.2) is 0 Å². The van der Waals surface area contributed by atoms with Crippen LogP contribution in [0, 0.1) is 13.8 Å². The van der Waals surface area contributed by atoms with Crippen LogP contribution in [-0.2, 0) is 0 Å². The Bertz CT molecular complexity index is 348. The summed E-state index contributed by atoms with van der Waals surface area (Å²) in [6.07, 6.45) is 5.82. The van der Waals surface area contributed by atoms with Crippen LogP contribution in [0.5, 0.6) is 0 Å². The van der Waals surface area contributed by atoms with Gasteiger partial charge in [0, 0.05) is 1.37 Å². The van der Waals surface area contributed by atoms with E-state index in [1.807, 2.05) is 0 Å². The summed E-state index contributed by atoms with van der Waals surface area (Å²) in [6.45, 7) is 4.28. The van der Waals surface area contributed by atoms with Gasteiger partial charge in [0.15, 0.2) is 0 Å². The first-order valence-corrected chi connectivity index (χ1v) is 5.70. The zero-order valence-electron chi connectivity index (χ0n) is 10.3. The maximum atomic E-state index is 8.53. The summed E-state index contributed by atoms with van der Waals surface area (Å²) >= 11 is 0. The van der Waals surface area contributed by atoms with E-state index < -0.39 is 0 Å². The highest BCUT2D eigenvalue weighted by Gasteiger charge is 2.15. The number of benzene rings is 1. The third-order valence-electron chi connectivity index (χ3n) is 3.37. The molecule has 14 heavy (non-hydrogen) atoms. The minimum atomic E-state index is -0.295. The maximum absolute atomic E-state index is 8.53. The van der Waals surface area contributed by atoms with Gasteiger partial charge >= 0.3 is 0 Å². The lowest BCUT2D eigenvalue weighted by Gasteiger charge is -2.22. The SMILES string of the molecule is [2H]C1(c2ccc(C)c(C)c2)CCCCC1. The highest BCUT2D eigenvalue weighted by molar-refractivity contribution is 5.32. The molecular weight excluding hydrogens is 168 g/mol. The van der Waals surface area contributed by atoms with E-state index in [0.717, 1.165) is 12.8 Å². The lowest BCUT2D eigenvalue weighted by atomic mass is 9.83. The van der Waals surface area contributed by atoms with Crippen molar-refractivity contribution in [1.29, 1.82) is 0 Å². The largest absolute Gasteiger partial charge is 0.0588 e. The Labute approximate surface area is 88.8 Å². The normalized spacial score (nSPS) is 21.7. The van der Waals surface area contributed by atoms with Crippen molar-refractivity contribution in [3.8, 4) is 0 Å². The standard InChI is InChI=1S/C14H20/c1-11-8-9-14(10-12(11)2)13-6-4-3-5-7-13/h8-10,13H,3-7H2,1-2H3/i13D. The summed E-state index contributed by atoms with van der Waals surface area (Å²) in [5.41, 5.74) is 3.88. The molecule has 1 aliphatic rings. The quantitative estimate of drug-likeness (QED) is 0.616. The first kappa shape index (κ1) is 8.52. The fourth-order valence-electron chi connectivity index (χ4n) is 2.23. The second-order valence-corrected chi connectivity index (χ2v) is 4.46. The van der Waals surface area contributed by atoms with Gasteiger partial charge in [-0.3, -0.25) is 0 Å². The van der Waals surface area contributed by atoms with Crippen LogP contribution in [0.25, 0.3) is 0 Å². The van der Waals surface area contributed by atoms with Crippen molar-refractivity contribution in [2.45, 2.75) is 51.8 Å². The second kappa shape index (κ2) is 4.16. The molecule has 0 unspecified atom stereocenters. The third kappa shape index (κ3) is 2.00. The van der Waals surface area contributed by atoms with Gasteiger partial charge in [0.2, 0.25) is 0 Å². The molecule has 0 atom stereocenters. The zero-order chi connectivity index (χ0) is 10.9.